The van der Waals surface area contributed by atoms with Crippen LogP contribution in [0.25, 0.3) is 11.0 Å². The summed E-state index contributed by atoms with van der Waals surface area (Å²) in [6, 6.07) is 9.47. The van der Waals surface area contributed by atoms with E-state index in [0.29, 0.717) is 22.8 Å². The number of aromatic nitrogens is 4. The van der Waals surface area contributed by atoms with Gasteiger partial charge in [0.1, 0.15) is 11.2 Å². The van der Waals surface area contributed by atoms with Gasteiger partial charge in [-0.1, -0.05) is 31.0 Å². The van der Waals surface area contributed by atoms with E-state index < -0.39 is 6.10 Å². The highest BCUT2D eigenvalue weighted by Gasteiger charge is 2.25. The maximum absolute atomic E-state index is 12.9. The van der Waals surface area contributed by atoms with Gasteiger partial charge in [0.25, 0.3) is 5.56 Å². The minimum atomic E-state index is -0.425. The Morgan fingerprint density at radius 2 is 2.00 bits per heavy atom. The summed E-state index contributed by atoms with van der Waals surface area (Å²) in [4.78, 5) is 17.3. The van der Waals surface area contributed by atoms with Crippen LogP contribution in [-0.2, 0) is 7.05 Å². The predicted molar refractivity (Wildman–Crippen MR) is 101 cm³/mol. The van der Waals surface area contributed by atoms with E-state index in [-0.39, 0.29) is 11.6 Å². The van der Waals surface area contributed by atoms with Crippen LogP contribution >= 0.6 is 0 Å². The van der Waals surface area contributed by atoms with E-state index in [0.717, 1.165) is 31.4 Å². The molecule has 0 radical (unpaired) electrons. The number of para-hydroxylation sites is 1. The Bertz CT molecular complexity index is 965. The zero-order valence-electron chi connectivity index (χ0n) is 14.6. The SMILES string of the molecule is Cn1c(NC2CCCCC2O)nc2n[nH]c(Nc3ccccc3)c2c1=O. The van der Waals surface area contributed by atoms with Crippen LogP contribution in [-0.4, -0.2) is 37.0 Å². The molecule has 4 N–H and O–H groups in total. The van der Waals surface area contributed by atoms with E-state index in [1.807, 2.05) is 30.3 Å². The van der Waals surface area contributed by atoms with Crippen LogP contribution in [0.5, 0.6) is 0 Å². The molecule has 4 rings (SSSR count). The van der Waals surface area contributed by atoms with Crippen molar-refractivity contribution >= 4 is 28.5 Å². The molecule has 2 aromatic heterocycles. The highest BCUT2D eigenvalue weighted by molar-refractivity contribution is 5.88. The van der Waals surface area contributed by atoms with Crippen LogP contribution in [0.1, 0.15) is 25.7 Å². The lowest BCUT2D eigenvalue weighted by molar-refractivity contribution is 0.116. The molecule has 2 heterocycles. The number of fused-ring (bicyclic) bond motifs is 1. The van der Waals surface area contributed by atoms with E-state index in [2.05, 4.69) is 25.8 Å². The second-order valence-electron chi connectivity index (χ2n) is 6.69. The summed E-state index contributed by atoms with van der Waals surface area (Å²) in [5.74, 6) is 0.940. The number of aromatic amines is 1. The third-order valence-electron chi connectivity index (χ3n) is 4.88. The number of aliphatic hydroxyl groups is 1. The number of nitrogens with one attached hydrogen (secondary N) is 3. The Hall–Kier alpha value is -2.87. The molecule has 8 heteroatoms. The van der Waals surface area contributed by atoms with Gasteiger partial charge in [-0.3, -0.25) is 14.5 Å². The Balaban J connectivity index is 1.68. The summed E-state index contributed by atoms with van der Waals surface area (Å²) >= 11 is 0. The van der Waals surface area contributed by atoms with Gasteiger partial charge in [0.2, 0.25) is 5.95 Å². The molecule has 3 aromatic rings. The summed E-state index contributed by atoms with van der Waals surface area (Å²) in [6.45, 7) is 0. The van der Waals surface area contributed by atoms with Gasteiger partial charge < -0.3 is 15.7 Å². The van der Waals surface area contributed by atoms with Crippen molar-refractivity contribution in [3.05, 3.63) is 40.7 Å². The van der Waals surface area contributed by atoms with Gasteiger partial charge in [-0.15, -0.1) is 0 Å². The molecule has 0 amide bonds. The molecule has 0 bridgehead atoms. The lowest BCUT2D eigenvalue weighted by Gasteiger charge is -2.29. The molecule has 2 atom stereocenters. The monoisotopic (exact) mass is 354 g/mol. The summed E-state index contributed by atoms with van der Waals surface area (Å²) < 4.78 is 1.47. The van der Waals surface area contributed by atoms with Crippen LogP contribution in [0.3, 0.4) is 0 Å². The fourth-order valence-electron chi connectivity index (χ4n) is 3.39. The first-order chi connectivity index (χ1) is 12.6. The van der Waals surface area contributed by atoms with E-state index in [1.54, 1.807) is 7.05 Å². The number of rotatable bonds is 4. The second-order valence-corrected chi connectivity index (χ2v) is 6.69. The third kappa shape index (κ3) is 3.03. The lowest BCUT2D eigenvalue weighted by Crippen LogP contribution is -2.38. The molecule has 1 fully saturated rings. The highest BCUT2D eigenvalue weighted by Crippen LogP contribution is 2.24. The quantitative estimate of drug-likeness (QED) is 0.572. The number of anilines is 3. The molecule has 26 heavy (non-hydrogen) atoms. The minimum Gasteiger partial charge on any atom is -0.391 e. The van der Waals surface area contributed by atoms with Crippen molar-refractivity contribution in [3.8, 4) is 0 Å². The standard InChI is InChI=1S/C18H22N6O2/c1-24-17(26)14-15(19-11-7-3-2-4-8-11)22-23-16(14)21-18(24)20-12-9-5-6-10-13(12)25/h2-4,7-8,12-13,25H,5-6,9-10H2,1H3,(H3,19,20,21,22,23). The van der Waals surface area contributed by atoms with Crippen molar-refractivity contribution in [3.63, 3.8) is 0 Å². The topological polar surface area (TPSA) is 108 Å². The molecular formula is C18H22N6O2. The van der Waals surface area contributed by atoms with Crippen molar-refractivity contribution in [2.24, 2.45) is 7.05 Å². The normalized spacial score (nSPS) is 20.2. The number of hydrogen-bond donors (Lipinski definition) is 4. The van der Waals surface area contributed by atoms with Crippen molar-refractivity contribution in [1.82, 2.24) is 19.7 Å². The first-order valence-corrected chi connectivity index (χ1v) is 8.85. The molecule has 1 saturated carbocycles. The van der Waals surface area contributed by atoms with Gasteiger partial charge in [-0.2, -0.15) is 10.1 Å². The Morgan fingerprint density at radius 3 is 2.77 bits per heavy atom. The van der Waals surface area contributed by atoms with E-state index in [4.69, 9.17) is 0 Å². The van der Waals surface area contributed by atoms with Crippen LogP contribution < -0.4 is 16.2 Å². The number of H-pyrrole nitrogens is 1. The fourth-order valence-corrected chi connectivity index (χ4v) is 3.39. The average molecular weight is 354 g/mol. The predicted octanol–water partition coefficient (Wildman–Crippen LogP) is 2.12. The van der Waals surface area contributed by atoms with Crippen LogP contribution in [0.4, 0.5) is 17.5 Å². The van der Waals surface area contributed by atoms with Crippen molar-refractivity contribution < 1.29 is 5.11 Å². The largest absolute Gasteiger partial charge is 0.391 e. The first-order valence-electron chi connectivity index (χ1n) is 8.85. The number of hydrogen-bond acceptors (Lipinski definition) is 6. The molecule has 0 saturated heterocycles. The van der Waals surface area contributed by atoms with Crippen molar-refractivity contribution in [1.29, 1.82) is 0 Å². The van der Waals surface area contributed by atoms with Crippen molar-refractivity contribution in [2.45, 2.75) is 37.8 Å². The second kappa shape index (κ2) is 6.80. The third-order valence-corrected chi connectivity index (χ3v) is 4.88. The van der Waals surface area contributed by atoms with Gasteiger partial charge in [0.15, 0.2) is 5.65 Å². The maximum Gasteiger partial charge on any atom is 0.268 e. The Kier molecular flexibility index (Phi) is 4.34. The number of benzene rings is 1. The average Bonchev–Trinajstić information content (AvgIpc) is 3.04. The van der Waals surface area contributed by atoms with Crippen LogP contribution in [0, 0.1) is 0 Å². The minimum absolute atomic E-state index is 0.0971. The zero-order valence-corrected chi connectivity index (χ0v) is 14.6. The molecule has 8 nitrogen and oxygen atoms in total. The summed E-state index contributed by atoms with van der Waals surface area (Å²) in [6.07, 6.45) is 3.28. The van der Waals surface area contributed by atoms with Crippen LogP contribution in [0.15, 0.2) is 35.1 Å². The first kappa shape index (κ1) is 16.6. The molecule has 1 aromatic carbocycles. The number of nitrogens with zero attached hydrogens (tertiary/aromatic N) is 3. The van der Waals surface area contributed by atoms with Crippen LogP contribution in [0.2, 0.25) is 0 Å². The van der Waals surface area contributed by atoms with E-state index in [1.165, 1.54) is 4.57 Å². The van der Waals surface area contributed by atoms with E-state index >= 15 is 0 Å². The Labute approximate surface area is 150 Å². The summed E-state index contributed by atoms with van der Waals surface area (Å²) in [5.41, 5.74) is 1.00. The highest BCUT2D eigenvalue weighted by atomic mass is 16.3. The molecule has 2 unspecified atom stereocenters. The lowest BCUT2D eigenvalue weighted by atomic mass is 9.93. The van der Waals surface area contributed by atoms with Gasteiger partial charge >= 0.3 is 0 Å². The van der Waals surface area contributed by atoms with Crippen molar-refractivity contribution in [2.75, 3.05) is 10.6 Å². The molecule has 0 aliphatic heterocycles. The zero-order chi connectivity index (χ0) is 18.1. The van der Waals surface area contributed by atoms with Gasteiger partial charge in [-0.25, -0.2) is 0 Å². The molecule has 1 aliphatic carbocycles. The molecule has 0 spiro atoms. The molecule has 1 aliphatic rings. The smallest absolute Gasteiger partial charge is 0.268 e. The van der Waals surface area contributed by atoms with Gasteiger partial charge in [0, 0.05) is 12.7 Å². The summed E-state index contributed by atoms with van der Waals surface area (Å²) in [5, 5.41) is 24.0. The summed E-state index contributed by atoms with van der Waals surface area (Å²) in [7, 11) is 1.67. The van der Waals surface area contributed by atoms with E-state index in [9.17, 15) is 9.90 Å². The molecule has 136 valence electrons. The molecular weight excluding hydrogens is 332 g/mol. The Morgan fingerprint density at radius 1 is 1.23 bits per heavy atom. The maximum atomic E-state index is 12.9. The fraction of sp³-hybridized carbons (Fsp3) is 0.389. The van der Waals surface area contributed by atoms with Gasteiger partial charge in [-0.05, 0) is 25.0 Å². The number of aliphatic hydroxyl groups excluding tert-OH is 1. The van der Waals surface area contributed by atoms with Gasteiger partial charge in [0.05, 0.1) is 12.1 Å².